The van der Waals surface area contributed by atoms with Gasteiger partial charge in [0, 0.05) is 10.4 Å². The van der Waals surface area contributed by atoms with E-state index in [1.165, 1.54) is 6.07 Å². The lowest BCUT2D eigenvalue weighted by Gasteiger charge is -2.11. The summed E-state index contributed by atoms with van der Waals surface area (Å²) in [6, 6.07) is 13.8. The van der Waals surface area contributed by atoms with Crippen LogP contribution in [0, 0.1) is 0 Å². The Balaban J connectivity index is 1.98. The van der Waals surface area contributed by atoms with Gasteiger partial charge in [-0.3, -0.25) is 4.72 Å². The van der Waals surface area contributed by atoms with E-state index < -0.39 is 10.0 Å². The minimum atomic E-state index is -3.71. The maximum atomic E-state index is 12.4. The van der Waals surface area contributed by atoms with Crippen molar-refractivity contribution in [3.05, 3.63) is 59.5 Å². The first-order valence-corrected chi connectivity index (χ1v) is 8.65. The van der Waals surface area contributed by atoms with Crippen molar-refractivity contribution in [2.24, 2.45) is 0 Å². The summed E-state index contributed by atoms with van der Waals surface area (Å²) >= 11 is 1.61. The van der Waals surface area contributed by atoms with Crippen molar-refractivity contribution in [3.63, 3.8) is 0 Å². The first-order valence-electron chi connectivity index (χ1n) is 6.29. The highest BCUT2D eigenvalue weighted by Crippen LogP contribution is 2.26. The van der Waals surface area contributed by atoms with Gasteiger partial charge < -0.3 is 5.11 Å². The molecule has 0 amide bonds. The van der Waals surface area contributed by atoms with Crippen molar-refractivity contribution in [2.75, 3.05) is 4.72 Å². The molecule has 0 fully saturated rings. The fourth-order valence-corrected chi connectivity index (χ4v) is 4.19. The van der Waals surface area contributed by atoms with Gasteiger partial charge in [-0.05, 0) is 46.7 Å². The second-order valence-corrected chi connectivity index (χ2v) is 7.14. The summed E-state index contributed by atoms with van der Waals surface area (Å²) in [6.07, 6.45) is 0. The molecule has 4 nitrogen and oxygen atoms in total. The van der Waals surface area contributed by atoms with Crippen molar-refractivity contribution in [2.45, 2.75) is 11.5 Å². The van der Waals surface area contributed by atoms with E-state index in [0.29, 0.717) is 11.3 Å². The molecule has 3 aromatic rings. The third-order valence-corrected chi connectivity index (χ3v) is 5.52. The molecule has 2 aromatic carbocycles. The fraction of sp³-hybridized carbons (Fsp3) is 0.0667. The normalized spacial score (nSPS) is 11.7. The van der Waals surface area contributed by atoms with E-state index in [0.717, 1.165) is 10.1 Å². The van der Waals surface area contributed by atoms with Crippen LogP contribution in [-0.2, 0) is 16.6 Å². The predicted molar refractivity (Wildman–Crippen MR) is 85.0 cm³/mol. The molecule has 0 unspecified atom stereocenters. The Kier molecular flexibility index (Phi) is 3.67. The van der Waals surface area contributed by atoms with Crippen molar-refractivity contribution in [3.8, 4) is 0 Å². The number of sulfonamides is 1. The molecule has 2 N–H and O–H groups in total. The Bertz CT molecular complexity index is 885. The van der Waals surface area contributed by atoms with E-state index in [-0.39, 0.29) is 11.5 Å². The number of hydrogen-bond donors (Lipinski definition) is 2. The van der Waals surface area contributed by atoms with Gasteiger partial charge in [0.25, 0.3) is 10.0 Å². The Hall–Kier alpha value is -1.89. The lowest BCUT2D eigenvalue weighted by molar-refractivity contribution is 0.278. The number of benzene rings is 2. The number of thiophene rings is 1. The molecule has 0 aliphatic heterocycles. The van der Waals surface area contributed by atoms with Gasteiger partial charge >= 0.3 is 0 Å². The number of hydrogen-bond acceptors (Lipinski definition) is 4. The first-order chi connectivity index (χ1) is 10.1. The highest BCUT2D eigenvalue weighted by molar-refractivity contribution is 7.92. The molecule has 0 radical (unpaired) electrons. The van der Waals surface area contributed by atoms with Crippen LogP contribution in [0.1, 0.15) is 5.56 Å². The van der Waals surface area contributed by atoms with Crippen LogP contribution in [0.5, 0.6) is 0 Å². The van der Waals surface area contributed by atoms with Gasteiger partial charge in [0.1, 0.15) is 0 Å². The highest BCUT2D eigenvalue weighted by atomic mass is 32.2. The molecule has 0 aliphatic rings. The zero-order chi connectivity index (χ0) is 14.9. The number of nitrogens with one attached hydrogen (secondary N) is 1. The number of aliphatic hydroxyl groups excluding tert-OH is 1. The summed E-state index contributed by atoms with van der Waals surface area (Å²) in [7, 11) is -3.71. The van der Waals surface area contributed by atoms with E-state index in [2.05, 4.69) is 4.72 Å². The second kappa shape index (κ2) is 5.48. The Labute approximate surface area is 126 Å². The summed E-state index contributed by atoms with van der Waals surface area (Å²) in [4.78, 5) is 0.0953. The standard InChI is InChI=1S/C15H13NO3S2/c17-10-12-3-1-2-4-15(12)21(18,19)16-13-5-6-14-11(9-13)7-8-20-14/h1-9,16-17H,10H2. The van der Waals surface area contributed by atoms with E-state index in [1.807, 2.05) is 17.5 Å². The number of aliphatic hydroxyl groups is 1. The zero-order valence-corrected chi connectivity index (χ0v) is 12.6. The first kappa shape index (κ1) is 14.1. The SMILES string of the molecule is O=S(=O)(Nc1ccc2sccc2c1)c1ccccc1CO. The van der Waals surface area contributed by atoms with E-state index >= 15 is 0 Å². The van der Waals surface area contributed by atoms with Gasteiger partial charge in [0.15, 0.2) is 0 Å². The van der Waals surface area contributed by atoms with Gasteiger partial charge in [-0.1, -0.05) is 18.2 Å². The van der Waals surface area contributed by atoms with Crippen molar-refractivity contribution in [1.82, 2.24) is 0 Å². The van der Waals surface area contributed by atoms with Crippen LogP contribution in [0.4, 0.5) is 5.69 Å². The average Bonchev–Trinajstić information content (AvgIpc) is 2.94. The topological polar surface area (TPSA) is 66.4 Å². The van der Waals surface area contributed by atoms with Gasteiger partial charge in [-0.2, -0.15) is 0 Å². The van der Waals surface area contributed by atoms with Crippen LogP contribution < -0.4 is 4.72 Å². The molecular weight excluding hydrogens is 306 g/mol. The molecule has 0 aliphatic carbocycles. The van der Waals surface area contributed by atoms with Gasteiger partial charge in [0.2, 0.25) is 0 Å². The largest absolute Gasteiger partial charge is 0.392 e. The summed E-state index contributed by atoms with van der Waals surface area (Å²) in [5.74, 6) is 0. The smallest absolute Gasteiger partial charge is 0.262 e. The summed E-state index contributed by atoms with van der Waals surface area (Å²) in [6.45, 7) is -0.319. The molecule has 108 valence electrons. The van der Waals surface area contributed by atoms with E-state index in [4.69, 9.17) is 0 Å². The van der Waals surface area contributed by atoms with Crippen molar-refractivity contribution in [1.29, 1.82) is 0 Å². The predicted octanol–water partition coefficient (Wildman–Crippen LogP) is 3.19. The number of rotatable bonds is 4. The zero-order valence-electron chi connectivity index (χ0n) is 11.0. The van der Waals surface area contributed by atoms with E-state index in [9.17, 15) is 13.5 Å². The second-order valence-electron chi connectivity index (χ2n) is 4.54. The summed E-state index contributed by atoms with van der Waals surface area (Å²) < 4.78 is 28.5. The van der Waals surface area contributed by atoms with Crippen LogP contribution in [0.3, 0.4) is 0 Å². The van der Waals surface area contributed by atoms with Gasteiger partial charge in [-0.15, -0.1) is 11.3 Å². The third kappa shape index (κ3) is 2.78. The summed E-state index contributed by atoms with van der Waals surface area (Å²) in [5, 5.41) is 12.2. The van der Waals surface area contributed by atoms with Gasteiger partial charge in [-0.25, -0.2) is 8.42 Å². The monoisotopic (exact) mass is 319 g/mol. The molecule has 1 heterocycles. The van der Waals surface area contributed by atoms with Crippen LogP contribution >= 0.6 is 11.3 Å². The molecule has 0 saturated heterocycles. The maximum Gasteiger partial charge on any atom is 0.262 e. The number of anilines is 1. The molecular formula is C15H13NO3S2. The van der Waals surface area contributed by atoms with E-state index in [1.54, 1.807) is 41.7 Å². The maximum absolute atomic E-state index is 12.4. The molecule has 0 atom stereocenters. The molecule has 0 bridgehead atoms. The molecule has 1 aromatic heterocycles. The number of fused-ring (bicyclic) bond motifs is 1. The fourth-order valence-electron chi connectivity index (χ4n) is 2.14. The quantitative estimate of drug-likeness (QED) is 0.776. The van der Waals surface area contributed by atoms with Crippen LogP contribution in [0.25, 0.3) is 10.1 Å². The lowest BCUT2D eigenvalue weighted by Crippen LogP contribution is -2.15. The molecule has 0 spiro atoms. The molecule has 6 heteroatoms. The minimum Gasteiger partial charge on any atom is -0.392 e. The van der Waals surface area contributed by atoms with Crippen molar-refractivity contribution >= 4 is 37.1 Å². The Morgan fingerprint density at radius 2 is 1.90 bits per heavy atom. The Morgan fingerprint density at radius 3 is 2.71 bits per heavy atom. The van der Waals surface area contributed by atoms with Crippen LogP contribution in [-0.4, -0.2) is 13.5 Å². The molecule has 21 heavy (non-hydrogen) atoms. The third-order valence-electron chi connectivity index (χ3n) is 3.14. The van der Waals surface area contributed by atoms with Crippen molar-refractivity contribution < 1.29 is 13.5 Å². The van der Waals surface area contributed by atoms with Gasteiger partial charge in [0.05, 0.1) is 11.5 Å². The van der Waals surface area contributed by atoms with Crippen LogP contribution in [0.15, 0.2) is 58.8 Å². The lowest BCUT2D eigenvalue weighted by atomic mass is 10.2. The summed E-state index contributed by atoms with van der Waals surface area (Å²) in [5.41, 5.74) is 0.884. The molecule has 0 saturated carbocycles. The Morgan fingerprint density at radius 1 is 1.10 bits per heavy atom. The average molecular weight is 319 g/mol. The van der Waals surface area contributed by atoms with Crippen LogP contribution in [0.2, 0.25) is 0 Å². The molecule has 3 rings (SSSR count). The highest BCUT2D eigenvalue weighted by Gasteiger charge is 2.17. The minimum absolute atomic E-state index is 0.0953.